The van der Waals surface area contributed by atoms with Crippen LogP contribution in [0.5, 0.6) is 0 Å². The van der Waals surface area contributed by atoms with Crippen molar-refractivity contribution < 1.29 is 4.79 Å². The molecule has 0 aliphatic heterocycles. The van der Waals surface area contributed by atoms with E-state index < -0.39 is 0 Å². The number of nitrogens with zero attached hydrogens (tertiary/aromatic N) is 2. The van der Waals surface area contributed by atoms with E-state index in [1.54, 1.807) is 0 Å². The molecular formula is C10H14N4O. The van der Waals surface area contributed by atoms with Crippen molar-refractivity contribution in [1.29, 1.82) is 0 Å². The number of nitrogen functional groups attached to an aromatic ring is 1. The molecule has 3 N–H and O–H groups in total. The molecule has 1 aliphatic rings. The summed E-state index contributed by atoms with van der Waals surface area (Å²) < 4.78 is 0. The summed E-state index contributed by atoms with van der Waals surface area (Å²) >= 11 is 0. The molecular weight excluding hydrogens is 192 g/mol. The maximum atomic E-state index is 11.6. The van der Waals surface area contributed by atoms with Gasteiger partial charge in [0, 0.05) is 6.54 Å². The van der Waals surface area contributed by atoms with Gasteiger partial charge < -0.3 is 11.1 Å². The van der Waals surface area contributed by atoms with Crippen molar-refractivity contribution >= 4 is 11.7 Å². The smallest absolute Gasteiger partial charge is 0.271 e. The van der Waals surface area contributed by atoms with Gasteiger partial charge in [-0.2, -0.15) is 0 Å². The minimum Gasteiger partial charge on any atom is -0.382 e. The first-order valence-corrected chi connectivity index (χ1v) is 4.95. The Hall–Kier alpha value is -1.65. The van der Waals surface area contributed by atoms with Gasteiger partial charge in [-0.1, -0.05) is 6.92 Å². The monoisotopic (exact) mass is 206 g/mol. The average molecular weight is 206 g/mol. The molecule has 1 aliphatic carbocycles. The zero-order chi connectivity index (χ0) is 10.9. The number of rotatable bonds is 3. The predicted octanol–water partition coefficient (Wildman–Crippen LogP) is 0.589. The van der Waals surface area contributed by atoms with E-state index in [0.717, 1.165) is 0 Å². The van der Waals surface area contributed by atoms with Crippen LogP contribution < -0.4 is 11.1 Å². The fourth-order valence-corrected chi connectivity index (χ4v) is 1.26. The Kier molecular flexibility index (Phi) is 2.30. The summed E-state index contributed by atoms with van der Waals surface area (Å²) in [7, 11) is 0. The van der Waals surface area contributed by atoms with Crippen molar-refractivity contribution in [2.24, 2.45) is 5.41 Å². The highest BCUT2D eigenvalue weighted by Crippen LogP contribution is 2.44. The number of aromatic nitrogens is 2. The summed E-state index contributed by atoms with van der Waals surface area (Å²) in [6.07, 6.45) is 5.19. The molecule has 1 fully saturated rings. The molecule has 1 aromatic heterocycles. The zero-order valence-corrected chi connectivity index (χ0v) is 8.66. The van der Waals surface area contributed by atoms with Crippen molar-refractivity contribution in [3.05, 3.63) is 18.1 Å². The lowest BCUT2D eigenvalue weighted by atomic mass is 10.1. The molecule has 0 spiro atoms. The molecule has 0 unspecified atom stereocenters. The van der Waals surface area contributed by atoms with Gasteiger partial charge in [0.25, 0.3) is 5.91 Å². The Labute approximate surface area is 88.1 Å². The highest BCUT2D eigenvalue weighted by Gasteiger charge is 2.37. The van der Waals surface area contributed by atoms with Crippen LogP contribution in [0, 0.1) is 5.41 Å². The molecule has 15 heavy (non-hydrogen) atoms. The van der Waals surface area contributed by atoms with E-state index in [1.165, 1.54) is 25.2 Å². The van der Waals surface area contributed by atoms with Crippen LogP contribution in [-0.4, -0.2) is 22.4 Å². The number of hydrogen-bond acceptors (Lipinski definition) is 4. The second kappa shape index (κ2) is 3.49. The molecule has 0 saturated heterocycles. The Balaban J connectivity index is 1.95. The van der Waals surface area contributed by atoms with Gasteiger partial charge in [0.05, 0.1) is 12.4 Å². The number of nitrogens with two attached hydrogens (primary N) is 1. The number of carbonyl (C=O) groups is 1. The van der Waals surface area contributed by atoms with Crippen molar-refractivity contribution in [3.8, 4) is 0 Å². The molecule has 0 bridgehead atoms. The molecule has 2 rings (SSSR count). The first kappa shape index (κ1) is 9.89. The van der Waals surface area contributed by atoms with Crippen molar-refractivity contribution in [2.75, 3.05) is 12.3 Å². The Bertz CT molecular complexity index is 387. The third-order valence-electron chi connectivity index (χ3n) is 2.67. The Morgan fingerprint density at radius 1 is 1.60 bits per heavy atom. The van der Waals surface area contributed by atoms with E-state index in [0.29, 0.717) is 12.0 Å². The fourth-order valence-electron chi connectivity index (χ4n) is 1.26. The van der Waals surface area contributed by atoms with Gasteiger partial charge >= 0.3 is 0 Å². The standard InChI is InChI=1S/C10H14N4O/c1-10(2-3-10)6-13-9(15)7-4-12-5-8(11)14-7/h4-5H,2-3,6H2,1H3,(H2,11,14)(H,13,15). The van der Waals surface area contributed by atoms with E-state index in [-0.39, 0.29) is 17.4 Å². The largest absolute Gasteiger partial charge is 0.382 e. The maximum absolute atomic E-state index is 11.6. The van der Waals surface area contributed by atoms with Gasteiger partial charge in [-0.25, -0.2) is 4.98 Å². The highest BCUT2D eigenvalue weighted by atomic mass is 16.1. The second-order valence-electron chi connectivity index (χ2n) is 4.32. The van der Waals surface area contributed by atoms with Crippen LogP contribution in [0.4, 0.5) is 5.82 Å². The van der Waals surface area contributed by atoms with E-state index in [2.05, 4.69) is 22.2 Å². The van der Waals surface area contributed by atoms with Crippen LogP contribution in [0.3, 0.4) is 0 Å². The normalized spacial score (nSPS) is 17.1. The summed E-state index contributed by atoms with van der Waals surface area (Å²) in [6, 6.07) is 0. The molecule has 5 nitrogen and oxygen atoms in total. The molecule has 80 valence electrons. The maximum Gasteiger partial charge on any atom is 0.271 e. The average Bonchev–Trinajstić information content (AvgIpc) is 2.94. The molecule has 0 radical (unpaired) electrons. The van der Waals surface area contributed by atoms with Gasteiger partial charge in [0.1, 0.15) is 11.5 Å². The minimum absolute atomic E-state index is 0.206. The predicted molar refractivity (Wildman–Crippen MR) is 56.1 cm³/mol. The number of amides is 1. The number of carbonyl (C=O) groups excluding carboxylic acids is 1. The van der Waals surface area contributed by atoms with Crippen LogP contribution in [0.25, 0.3) is 0 Å². The highest BCUT2D eigenvalue weighted by molar-refractivity contribution is 5.92. The van der Waals surface area contributed by atoms with Crippen molar-refractivity contribution in [3.63, 3.8) is 0 Å². The van der Waals surface area contributed by atoms with Gasteiger partial charge in [0.15, 0.2) is 0 Å². The van der Waals surface area contributed by atoms with Crippen LogP contribution in [0.15, 0.2) is 12.4 Å². The summed E-state index contributed by atoms with van der Waals surface area (Å²) in [4.78, 5) is 19.3. The minimum atomic E-state index is -0.206. The molecule has 0 atom stereocenters. The van der Waals surface area contributed by atoms with Crippen LogP contribution in [0.1, 0.15) is 30.3 Å². The lowest BCUT2D eigenvalue weighted by Crippen LogP contribution is -2.29. The Morgan fingerprint density at radius 2 is 2.33 bits per heavy atom. The lowest BCUT2D eigenvalue weighted by molar-refractivity contribution is 0.0941. The quantitative estimate of drug-likeness (QED) is 0.758. The first-order valence-electron chi connectivity index (χ1n) is 4.95. The van der Waals surface area contributed by atoms with Gasteiger partial charge in [-0.15, -0.1) is 0 Å². The first-order chi connectivity index (χ1) is 7.09. The Morgan fingerprint density at radius 3 is 2.93 bits per heavy atom. The topological polar surface area (TPSA) is 80.9 Å². The third kappa shape index (κ3) is 2.43. The molecule has 0 aromatic carbocycles. The van der Waals surface area contributed by atoms with Gasteiger partial charge in [0.2, 0.25) is 0 Å². The molecule has 1 amide bonds. The second-order valence-corrected chi connectivity index (χ2v) is 4.32. The van der Waals surface area contributed by atoms with E-state index in [9.17, 15) is 4.79 Å². The van der Waals surface area contributed by atoms with E-state index >= 15 is 0 Å². The van der Waals surface area contributed by atoms with Crippen molar-refractivity contribution in [2.45, 2.75) is 19.8 Å². The third-order valence-corrected chi connectivity index (χ3v) is 2.67. The lowest BCUT2D eigenvalue weighted by Gasteiger charge is -2.09. The molecule has 1 saturated carbocycles. The zero-order valence-electron chi connectivity index (χ0n) is 8.66. The van der Waals surface area contributed by atoms with E-state index in [4.69, 9.17) is 5.73 Å². The number of anilines is 1. The molecule has 1 heterocycles. The summed E-state index contributed by atoms with van der Waals surface area (Å²) in [6.45, 7) is 2.85. The molecule has 5 heteroatoms. The SMILES string of the molecule is CC1(CNC(=O)c2cncc(N)n2)CC1. The van der Waals surface area contributed by atoms with Crippen LogP contribution >= 0.6 is 0 Å². The van der Waals surface area contributed by atoms with Crippen LogP contribution in [0.2, 0.25) is 0 Å². The van der Waals surface area contributed by atoms with Gasteiger partial charge in [-0.05, 0) is 18.3 Å². The summed E-state index contributed by atoms with van der Waals surface area (Å²) in [5, 5.41) is 2.83. The van der Waals surface area contributed by atoms with Gasteiger partial charge in [-0.3, -0.25) is 9.78 Å². The summed E-state index contributed by atoms with van der Waals surface area (Å²) in [5.41, 5.74) is 6.01. The summed E-state index contributed by atoms with van der Waals surface area (Å²) in [5.74, 6) is 0.0585. The van der Waals surface area contributed by atoms with Crippen molar-refractivity contribution in [1.82, 2.24) is 15.3 Å². The van der Waals surface area contributed by atoms with E-state index in [1.807, 2.05) is 0 Å². The fraction of sp³-hybridized carbons (Fsp3) is 0.500. The molecule has 1 aromatic rings. The number of hydrogen-bond donors (Lipinski definition) is 2. The number of nitrogens with one attached hydrogen (secondary N) is 1. The van der Waals surface area contributed by atoms with Crippen LogP contribution in [-0.2, 0) is 0 Å².